The molecule has 1 aromatic carbocycles. The van der Waals surface area contributed by atoms with E-state index in [0.29, 0.717) is 32.7 Å². The zero-order chi connectivity index (χ0) is 18.8. The predicted molar refractivity (Wildman–Crippen MR) is 109 cm³/mol. The molecule has 2 N–H and O–H groups in total. The Morgan fingerprint density at radius 3 is 2.52 bits per heavy atom. The molecule has 6 nitrogen and oxygen atoms in total. The SMILES string of the molecule is CCN[C@H](C)CNC(=O)C1CCN(C(=O)CCOc2ccccc2)CC1.Cl. The fourth-order valence-corrected chi connectivity index (χ4v) is 3.14. The van der Waals surface area contributed by atoms with Crippen molar-refractivity contribution in [3.8, 4) is 5.75 Å². The van der Waals surface area contributed by atoms with Crippen LogP contribution in [0.5, 0.6) is 5.75 Å². The topological polar surface area (TPSA) is 70.7 Å². The first-order chi connectivity index (χ1) is 12.6. The number of nitrogens with zero attached hydrogens (tertiary/aromatic N) is 1. The summed E-state index contributed by atoms with van der Waals surface area (Å²) >= 11 is 0. The molecule has 0 unspecified atom stereocenters. The van der Waals surface area contributed by atoms with Crippen molar-refractivity contribution in [1.82, 2.24) is 15.5 Å². The third-order valence-electron chi connectivity index (χ3n) is 4.68. The van der Waals surface area contributed by atoms with Crippen LogP contribution in [0.2, 0.25) is 0 Å². The molecule has 1 atom stereocenters. The van der Waals surface area contributed by atoms with Crippen LogP contribution in [0.15, 0.2) is 30.3 Å². The number of carbonyl (C=O) groups excluding carboxylic acids is 2. The van der Waals surface area contributed by atoms with Gasteiger partial charge in [0.15, 0.2) is 0 Å². The highest BCUT2D eigenvalue weighted by Gasteiger charge is 2.27. The molecule has 2 rings (SSSR count). The molecule has 1 aliphatic rings. The molecule has 1 heterocycles. The monoisotopic (exact) mass is 397 g/mol. The molecule has 0 bridgehead atoms. The Bertz CT molecular complexity index is 563. The minimum absolute atomic E-state index is 0. The zero-order valence-electron chi connectivity index (χ0n) is 16.3. The van der Waals surface area contributed by atoms with Gasteiger partial charge in [-0.15, -0.1) is 12.4 Å². The molecule has 1 saturated heterocycles. The first kappa shape index (κ1) is 23.2. The summed E-state index contributed by atoms with van der Waals surface area (Å²) in [6, 6.07) is 9.78. The number of hydrogen-bond acceptors (Lipinski definition) is 4. The molecule has 0 radical (unpaired) electrons. The summed E-state index contributed by atoms with van der Waals surface area (Å²) in [4.78, 5) is 26.4. The van der Waals surface area contributed by atoms with Gasteiger partial charge in [-0.05, 0) is 38.4 Å². The Kier molecular flexibility index (Phi) is 10.8. The average Bonchev–Trinajstić information content (AvgIpc) is 2.67. The number of halogens is 1. The van der Waals surface area contributed by atoms with Gasteiger partial charge in [-0.1, -0.05) is 25.1 Å². The van der Waals surface area contributed by atoms with Crippen molar-refractivity contribution in [2.75, 3.05) is 32.8 Å². The molecular weight excluding hydrogens is 366 g/mol. The lowest BCUT2D eigenvalue weighted by atomic mass is 9.95. The lowest BCUT2D eigenvalue weighted by Crippen LogP contribution is -2.45. The number of likely N-dealkylation sites (tertiary alicyclic amines) is 1. The van der Waals surface area contributed by atoms with Crippen LogP contribution in [0.1, 0.15) is 33.1 Å². The van der Waals surface area contributed by atoms with Gasteiger partial charge in [-0.25, -0.2) is 0 Å². The molecule has 0 spiro atoms. The molecule has 27 heavy (non-hydrogen) atoms. The molecule has 0 saturated carbocycles. The standard InChI is InChI=1S/C20H31N3O3.ClH/c1-3-21-16(2)15-22-20(25)17-9-12-23(13-10-17)19(24)11-14-26-18-7-5-4-6-8-18;/h4-8,16-17,21H,3,9-15H2,1-2H3,(H,22,25);1H/t16-;/m1./s1. The van der Waals surface area contributed by atoms with E-state index >= 15 is 0 Å². The van der Waals surface area contributed by atoms with Gasteiger partial charge in [0.2, 0.25) is 11.8 Å². The van der Waals surface area contributed by atoms with Gasteiger partial charge < -0.3 is 20.3 Å². The molecule has 0 aliphatic carbocycles. The smallest absolute Gasteiger partial charge is 0.225 e. The van der Waals surface area contributed by atoms with Gasteiger partial charge in [0.1, 0.15) is 5.75 Å². The maximum Gasteiger partial charge on any atom is 0.225 e. The van der Waals surface area contributed by atoms with Crippen LogP contribution in [-0.4, -0.2) is 55.5 Å². The number of hydrogen-bond donors (Lipinski definition) is 2. The Labute approximate surface area is 168 Å². The number of benzene rings is 1. The van der Waals surface area contributed by atoms with Gasteiger partial charge in [-0.3, -0.25) is 9.59 Å². The average molecular weight is 398 g/mol. The minimum Gasteiger partial charge on any atom is -0.493 e. The number of para-hydroxylation sites is 1. The van der Waals surface area contributed by atoms with Gasteiger partial charge in [0, 0.05) is 31.6 Å². The van der Waals surface area contributed by atoms with Crippen LogP contribution >= 0.6 is 12.4 Å². The summed E-state index contributed by atoms with van der Waals surface area (Å²) in [7, 11) is 0. The van der Waals surface area contributed by atoms with Crippen molar-refractivity contribution >= 4 is 24.2 Å². The summed E-state index contributed by atoms with van der Waals surface area (Å²) in [5.41, 5.74) is 0. The molecule has 152 valence electrons. The Morgan fingerprint density at radius 1 is 1.22 bits per heavy atom. The van der Waals surface area contributed by atoms with E-state index in [1.165, 1.54) is 0 Å². The maximum absolute atomic E-state index is 12.3. The number of ether oxygens (including phenoxy) is 1. The van der Waals surface area contributed by atoms with E-state index in [2.05, 4.69) is 24.5 Å². The van der Waals surface area contributed by atoms with Crippen molar-refractivity contribution in [3.63, 3.8) is 0 Å². The third kappa shape index (κ3) is 8.18. The molecule has 2 amide bonds. The second-order valence-corrected chi connectivity index (χ2v) is 6.77. The normalized spacial score (nSPS) is 15.6. The second-order valence-electron chi connectivity index (χ2n) is 6.77. The zero-order valence-corrected chi connectivity index (χ0v) is 17.1. The van der Waals surface area contributed by atoms with E-state index in [4.69, 9.17) is 4.74 Å². The highest BCUT2D eigenvalue weighted by atomic mass is 35.5. The quantitative estimate of drug-likeness (QED) is 0.670. The molecular formula is C20H32ClN3O3. The Morgan fingerprint density at radius 2 is 1.89 bits per heavy atom. The number of rotatable bonds is 9. The van der Waals surface area contributed by atoms with E-state index in [-0.39, 0.29) is 36.2 Å². The summed E-state index contributed by atoms with van der Waals surface area (Å²) in [5, 5.41) is 6.29. The van der Waals surface area contributed by atoms with Crippen LogP contribution in [0.25, 0.3) is 0 Å². The van der Waals surface area contributed by atoms with E-state index in [0.717, 1.165) is 25.1 Å². The van der Waals surface area contributed by atoms with Crippen molar-refractivity contribution in [2.24, 2.45) is 5.92 Å². The Balaban J connectivity index is 0.00000364. The highest BCUT2D eigenvalue weighted by molar-refractivity contribution is 5.85. The van der Waals surface area contributed by atoms with E-state index in [1.807, 2.05) is 35.2 Å². The van der Waals surface area contributed by atoms with E-state index in [9.17, 15) is 9.59 Å². The fourth-order valence-electron chi connectivity index (χ4n) is 3.14. The van der Waals surface area contributed by atoms with Crippen molar-refractivity contribution in [2.45, 2.75) is 39.2 Å². The van der Waals surface area contributed by atoms with Crippen LogP contribution in [-0.2, 0) is 9.59 Å². The molecule has 1 aromatic rings. The van der Waals surface area contributed by atoms with Crippen molar-refractivity contribution in [1.29, 1.82) is 0 Å². The van der Waals surface area contributed by atoms with Gasteiger partial charge in [0.05, 0.1) is 13.0 Å². The van der Waals surface area contributed by atoms with E-state index in [1.54, 1.807) is 0 Å². The summed E-state index contributed by atoms with van der Waals surface area (Å²) in [6.07, 6.45) is 1.82. The maximum atomic E-state index is 12.3. The molecule has 7 heteroatoms. The van der Waals surface area contributed by atoms with Crippen LogP contribution < -0.4 is 15.4 Å². The lowest BCUT2D eigenvalue weighted by Gasteiger charge is -2.31. The lowest BCUT2D eigenvalue weighted by molar-refractivity contribution is -0.136. The molecule has 1 aliphatic heterocycles. The predicted octanol–water partition coefficient (Wildman–Crippen LogP) is 2.23. The molecule has 0 aromatic heterocycles. The number of carbonyl (C=O) groups is 2. The minimum atomic E-state index is 0. The number of amides is 2. The van der Waals surface area contributed by atoms with Gasteiger partial charge >= 0.3 is 0 Å². The number of piperidine rings is 1. The first-order valence-corrected chi connectivity index (χ1v) is 9.57. The number of likely N-dealkylation sites (N-methyl/N-ethyl adjacent to an activating group) is 1. The van der Waals surface area contributed by atoms with Crippen LogP contribution in [0, 0.1) is 5.92 Å². The van der Waals surface area contributed by atoms with Crippen molar-refractivity contribution in [3.05, 3.63) is 30.3 Å². The third-order valence-corrected chi connectivity index (χ3v) is 4.68. The summed E-state index contributed by atoms with van der Waals surface area (Å²) < 4.78 is 5.58. The summed E-state index contributed by atoms with van der Waals surface area (Å²) in [6.45, 7) is 7.31. The largest absolute Gasteiger partial charge is 0.493 e. The van der Waals surface area contributed by atoms with Gasteiger partial charge in [-0.2, -0.15) is 0 Å². The fraction of sp³-hybridized carbons (Fsp3) is 0.600. The Hall–Kier alpha value is -1.79. The summed E-state index contributed by atoms with van der Waals surface area (Å²) in [5.74, 6) is 0.991. The molecule has 1 fully saturated rings. The number of nitrogens with one attached hydrogen (secondary N) is 2. The second kappa shape index (κ2) is 12.6. The van der Waals surface area contributed by atoms with Crippen molar-refractivity contribution < 1.29 is 14.3 Å². The van der Waals surface area contributed by atoms with Gasteiger partial charge in [0.25, 0.3) is 0 Å². The van der Waals surface area contributed by atoms with Crippen LogP contribution in [0.3, 0.4) is 0 Å². The van der Waals surface area contributed by atoms with E-state index < -0.39 is 0 Å². The van der Waals surface area contributed by atoms with Crippen LogP contribution in [0.4, 0.5) is 0 Å². The first-order valence-electron chi connectivity index (χ1n) is 9.57. The highest BCUT2D eigenvalue weighted by Crippen LogP contribution is 2.18.